The van der Waals surface area contributed by atoms with E-state index in [2.05, 4.69) is 36.9 Å². The van der Waals surface area contributed by atoms with Crippen molar-refractivity contribution in [1.29, 1.82) is 0 Å². The summed E-state index contributed by atoms with van der Waals surface area (Å²) in [5, 5.41) is 30.2. The molecule has 1 aliphatic heterocycles. The zero-order valence-electron chi connectivity index (χ0n) is 27.3. The Morgan fingerprint density at radius 3 is 2.16 bits per heavy atom. The molecule has 17 nitrogen and oxygen atoms in total. The molecule has 50 heavy (non-hydrogen) atoms. The maximum atomic E-state index is 13.4. The lowest BCUT2D eigenvalue weighted by Gasteiger charge is -2.22. The minimum absolute atomic E-state index is 0.00516. The third-order valence-corrected chi connectivity index (χ3v) is 7.77. The van der Waals surface area contributed by atoms with Crippen LogP contribution in [0.3, 0.4) is 0 Å². The second-order valence-corrected chi connectivity index (χ2v) is 11.9. The van der Waals surface area contributed by atoms with Gasteiger partial charge in [0.25, 0.3) is 0 Å². The number of phenolic OH excluding ortho intramolecular Hbond substituents is 1. The van der Waals surface area contributed by atoms with Gasteiger partial charge >= 0.3 is 0 Å². The molecule has 1 aliphatic rings. The number of fused-ring (bicyclic) bond motifs is 2. The Morgan fingerprint density at radius 2 is 1.48 bits per heavy atom. The number of phenols is 1. The number of hydrogen-bond acceptors (Lipinski definition) is 10. The van der Waals surface area contributed by atoms with E-state index in [4.69, 9.17) is 5.73 Å². The van der Waals surface area contributed by atoms with E-state index in [0.29, 0.717) is 11.1 Å². The van der Waals surface area contributed by atoms with E-state index in [9.17, 15) is 38.7 Å². The van der Waals surface area contributed by atoms with Crippen molar-refractivity contribution in [2.45, 2.75) is 69.7 Å². The molecule has 0 fully saturated rings. The lowest BCUT2D eigenvalue weighted by Crippen LogP contribution is -2.54. The number of Topliss-reactive ketones (excluding diaryl/α,β-unsaturated/α-hetero) is 1. The Morgan fingerprint density at radius 1 is 0.820 bits per heavy atom. The van der Waals surface area contributed by atoms with Gasteiger partial charge in [0.05, 0.1) is 12.2 Å². The molecule has 0 radical (unpaired) electrons. The molecule has 0 unspecified atom stereocenters. The summed E-state index contributed by atoms with van der Waals surface area (Å²) in [5.41, 5.74) is 7.10. The third kappa shape index (κ3) is 11.2. The number of carbonyl (C=O) groups is 7. The number of nitrogens with two attached hydrogens (primary N) is 1. The molecule has 6 amide bonds. The van der Waals surface area contributed by atoms with Gasteiger partial charge < -0.3 is 37.4 Å². The van der Waals surface area contributed by atoms with Crippen LogP contribution < -0.4 is 32.3 Å². The number of hydrogen-bond donors (Lipinski definition) is 7. The van der Waals surface area contributed by atoms with Crippen LogP contribution in [0.1, 0.15) is 36.6 Å². The first-order valence-corrected chi connectivity index (χ1v) is 15.8. The van der Waals surface area contributed by atoms with Crippen LogP contribution in [0.15, 0.2) is 60.8 Å². The van der Waals surface area contributed by atoms with E-state index in [1.807, 2.05) is 0 Å². The average molecular weight is 690 g/mol. The predicted molar refractivity (Wildman–Crippen MR) is 176 cm³/mol. The number of aromatic nitrogens is 3. The standard InChI is InChI=1S/C33H39N9O8/c1-19-31(48)39-26(14-21-7-9-23(43)10-8-21)32(49)35-16-24(44)11-12-28(45)37-27(13-20-5-3-2-4-6-20)33(50)38-25(30(34)47)15-22-17-42(41-40-22)18-29(46)36-19/h2-10,17,19,25-27,43H,11-16,18H2,1H3,(H2,34,47)(H,35,49)(H,36,46)(H,37,45)(H,38,50)(H,39,48)/t19-,25-,26+,27+/m0/s1. The SMILES string of the molecule is C[C@@H]1NC(=O)Cn2cc(nn2)C[C@@H](C(N)=O)NC(=O)[C@@H](Cc2ccccc2)NC(=O)CCC(=O)CNC(=O)[C@@H](Cc2ccc(O)cc2)NC1=O. The molecule has 2 heterocycles. The normalized spacial score (nSPS) is 21.9. The fraction of sp³-hybridized carbons (Fsp3) is 0.364. The molecule has 4 rings (SSSR count). The van der Waals surface area contributed by atoms with Crippen molar-refractivity contribution >= 4 is 41.2 Å². The number of ketones is 1. The van der Waals surface area contributed by atoms with E-state index in [1.54, 1.807) is 42.5 Å². The zero-order chi connectivity index (χ0) is 36.2. The van der Waals surface area contributed by atoms with Crippen LogP contribution in [0.4, 0.5) is 0 Å². The van der Waals surface area contributed by atoms with Crippen molar-refractivity contribution in [3.8, 4) is 5.75 Å². The molecule has 0 saturated heterocycles. The fourth-order valence-electron chi connectivity index (χ4n) is 5.06. The van der Waals surface area contributed by atoms with Gasteiger partial charge in [-0.2, -0.15) is 0 Å². The highest BCUT2D eigenvalue weighted by atomic mass is 16.3. The van der Waals surface area contributed by atoms with Gasteiger partial charge in [-0.15, -0.1) is 5.10 Å². The Bertz CT molecular complexity index is 1710. The first-order chi connectivity index (χ1) is 23.9. The Labute approximate surface area is 286 Å². The number of nitrogens with zero attached hydrogens (tertiary/aromatic N) is 3. The van der Waals surface area contributed by atoms with E-state index in [-0.39, 0.29) is 50.1 Å². The number of nitrogens with one attached hydrogen (secondary N) is 5. The summed E-state index contributed by atoms with van der Waals surface area (Å²) in [4.78, 5) is 90.4. The summed E-state index contributed by atoms with van der Waals surface area (Å²) in [5.74, 6) is -4.70. The molecule has 1 aromatic heterocycles. The molecule has 8 N–H and O–H groups in total. The van der Waals surface area contributed by atoms with Crippen molar-refractivity contribution in [2.75, 3.05) is 6.54 Å². The fourth-order valence-corrected chi connectivity index (χ4v) is 5.06. The number of amides is 6. The van der Waals surface area contributed by atoms with Crippen LogP contribution in [0.5, 0.6) is 5.75 Å². The largest absolute Gasteiger partial charge is 0.508 e. The Kier molecular flexibility index (Phi) is 12.7. The second-order valence-electron chi connectivity index (χ2n) is 11.9. The van der Waals surface area contributed by atoms with E-state index in [0.717, 1.165) is 0 Å². The molecular formula is C33H39N9O8. The quantitative estimate of drug-likeness (QED) is 0.154. The lowest BCUT2D eigenvalue weighted by atomic mass is 10.0. The highest BCUT2D eigenvalue weighted by Gasteiger charge is 2.28. The molecule has 264 valence electrons. The van der Waals surface area contributed by atoms with Crippen molar-refractivity contribution < 1.29 is 38.7 Å². The Hall–Kier alpha value is -6.13. The molecule has 0 aliphatic carbocycles. The first kappa shape index (κ1) is 36.7. The van der Waals surface area contributed by atoms with Gasteiger partial charge in [0.15, 0.2) is 5.78 Å². The van der Waals surface area contributed by atoms with Crippen LogP contribution in [0, 0.1) is 0 Å². The van der Waals surface area contributed by atoms with E-state index >= 15 is 0 Å². The first-order valence-electron chi connectivity index (χ1n) is 15.8. The molecule has 0 spiro atoms. The van der Waals surface area contributed by atoms with Crippen molar-refractivity contribution in [3.05, 3.63) is 77.6 Å². The summed E-state index contributed by atoms with van der Waals surface area (Å²) in [6, 6.07) is 10.1. The van der Waals surface area contributed by atoms with Crippen molar-refractivity contribution in [2.24, 2.45) is 5.73 Å². The monoisotopic (exact) mass is 689 g/mol. The minimum Gasteiger partial charge on any atom is -0.508 e. The number of primary amides is 1. The van der Waals surface area contributed by atoms with Crippen LogP contribution in [-0.2, 0) is 59.4 Å². The molecule has 4 atom stereocenters. The third-order valence-electron chi connectivity index (χ3n) is 7.77. The predicted octanol–water partition coefficient (Wildman–Crippen LogP) is -2.06. The van der Waals surface area contributed by atoms with Crippen LogP contribution in [0.2, 0.25) is 0 Å². The van der Waals surface area contributed by atoms with E-state index < -0.39 is 71.9 Å². The highest BCUT2D eigenvalue weighted by Crippen LogP contribution is 2.12. The highest BCUT2D eigenvalue weighted by molar-refractivity contribution is 5.95. The average Bonchev–Trinajstić information content (AvgIpc) is 3.52. The summed E-state index contributed by atoms with van der Waals surface area (Å²) in [6.07, 6.45) is 0.676. The molecule has 17 heteroatoms. The van der Waals surface area contributed by atoms with Crippen LogP contribution in [-0.4, -0.2) is 92.0 Å². The number of rotatable bonds is 5. The van der Waals surface area contributed by atoms with Gasteiger partial charge in [-0.1, -0.05) is 47.7 Å². The van der Waals surface area contributed by atoms with Crippen LogP contribution >= 0.6 is 0 Å². The maximum absolute atomic E-state index is 13.4. The number of aromatic hydroxyl groups is 1. The summed E-state index contributed by atoms with van der Waals surface area (Å²) < 4.78 is 1.17. The summed E-state index contributed by atoms with van der Waals surface area (Å²) >= 11 is 0. The molecule has 2 bridgehead atoms. The molecule has 3 aromatic rings. The smallest absolute Gasteiger partial charge is 0.243 e. The van der Waals surface area contributed by atoms with Crippen molar-refractivity contribution in [3.63, 3.8) is 0 Å². The van der Waals surface area contributed by atoms with Gasteiger partial charge in [-0.05, 0) is 30.2 Å². The molecule has 2 aromatic carbocycles. The minimum atomic E-state index is -1.25. The van der Waals surface area contributed by atoms with E-state index in [1.165, 1.54) is 29.9 Å². The number of carbonyl (C=O) groups excluding carboxylic acids is 7. The van der Waals surface area contributed by atoms with Gasteiger partial charge in [0.1, 0.15) is 36.5 Å². The molecular weight excluding hydrogens is 650 g/mol. The Balaban J connectivity index is 1.56. The maximum Gasteiger partial charge on any atom is 0.243 e. The summed E-state index contributed by atoms with van der Waals surface area (Å²) in [7, 11) is 0. The van der Waals surface area contributed by atoms with Crippen molar-refractivity contribution in [1.82, 2.24) is 41.6 Å². The van der Waals surface area contributed by atoms with Gasteiger partial charge in [-0.3, -0.25) is 33.6 Å². The zero-order valence-corrected chi connectivity index (χ0v) is 27.3. The van der Waals surface area contributed by atoms with Gasteiger partial charge in [0.2, 0.25) is 35.4 Å². The van der Waals surface area contributed by atoms with Gasteiger partial charge in [-0.25, -0.2) is 4.68 Å². The molecule has 0 saturated carbocycles. The topological polar surface area (TPSA) is 257 Å². The van der Waals surface area contributed by atoms with Gasteiger partial charge in [0, 0.05) is 38.3 Å². The number of benzene rings is 2. The van der Waals surface area contributed by atoms with Crippen LogP contribution in [0.25, 0.3) is 0 Å². The summed E-state index contributed by atoms with van der Waals surface area (Å²) in [6.45, 7) is 0.605. The second kappa shape index (κ2) is 17.3. The lowest BCUT2D eigenvalue weighted by molar-refractivity contribution is -0.132.